The van der Waals surface area contributed by atoms with Gasteiger partial charge in [-0.25, -0.2) is 12.7 Å². The highest BCUT2D eigenvalue weighted by Gasteiger charge is 2.29. The summed E-state index contributed by atoms with van der Waals surface area (Å²) in [6.07, 6.45) is 2.15. The fourth-order valence-corrected chi connectivity index (χ4v) is 3.25. The number of ether oxygens (including phenoxy) is 1. The summed E-state index contributed by atoms with van der Waals surface area (Å²) in [5, 5.41) is 8.71. The van der Waals surface area contributed by atoms with Gasteiger partial charge >= 0.3 is 5.97 Å². The third-order valence-corrected chi connectivity index (χ3v) is 5.02. The van der Waals surface area contributed by atoms with E-state index in [2.05, 4.69) is 0 Å². The normalized spacial score (nSPS) is 16.9. The standard InChI is InChI=1S/C15H18N2O4S/c1-22(19,20)17-8-6-14(7-9-17)15(18)21-11-13-4-2-12(10-16)3-5-13/h2-5,14H,6-9,11H2,1H3. The summed E-state index contributed by atoms with van der Waals surface area (Å²) in [7, 11) is -3.18. The average molecular weight is 322 g/mol. The molecule has 2 rings (SSSR count). The van der Waals surface area contributed by atoms with E-state index >= 15 is 0 Å². The van der Waals surface area contributed by atoms with Gasteiger partial charge in [0.25, 0.3) is 0 Å². The number of rotatable bonds is 4. The van der Waals surface area contributed by atoms with E-state index in [1.807, 2.05) is 6.07 Å². The Kier molecular flexibility index (Phi) is 5.16. The van der Waals surface area contributed by atoms with Gasteiger partial charge < -0.3 is 4.74 Å². The second kappa shape index (κ2) is 6.90. The van der Waals surface area contributed by atoms with Crippen molar-refractivity contribution >= 4 is 16.0 Å². The van der Waals surface area contributed by atoms with Crippen LogP contribution in [0, 0.1) is 17.2 Å². The first-order valence-corrected chi connectivity index (χ1v) is 8.86. The highest BCUT2D eigenvalue weighted by atomic mass is 32.2. The summed E-state index contributed by atoms with van der Waals surface area (Å²) in [4.78, 5) is 12.0. The Morgan fingerprint density at radius 3 is 2.41 bits per heavy atom. The Morgan fingerprint density at radius 2 is 1.91 bits per heavy atom. The van der Waals surface area contributed by atoms with Crippen LogP contribution < -0.4 is 0 Å². The molecule has 1 aromatic rings. The SMILES string of the molecule is CS(=O)(=O)N1CCC(C(=O)OCc2ccc(C#N)cc2)CC1. The smallest absolute Gasteiger partial charge is 0.309 e. The number of esters is 1. The largest absolute Gasteiger partial charge is 0.461 e. The van der Waals surface area contributed by atoms with Crippen LogP contribution in [0.4, 0.5) is 0 Å². The number of nitrogens with zero attached hydrogens (tertiary/aromatic N) is 2. The average Bonchev–Trinajstić information content (AvgIpc) is 2.52. The molecular weight excluding hydrogens is 304 g/mol. The number of benzene rings is 1. The fourth-order valence-electron chi connectivity index (χ4n) is 2.37. The molecule has 0 unspecified atom stereocenters. The molecule has 1 heterocycles. The molecule has 1 saturated heterocycles. The van der Waals surface area contributed by atoms with Crippen LogP contribution in [0.5, 0.6) is 0 Å². The number of sulfonamides is 1. The first-order chi connectivity index (χ1) is 10.4. The van der Waals surface area contributed by atoms with Crippen molar-refractivity contribution in [3.63, 3.8) is 0 Å². The van der Waals surface area contributed by atoms with E-state index in [1.165, 1.54) is 10.6 Å². The zero-order valence-corrected chi connectivity index (χ0v) is 13.2. The van der Waals surface area contributed by atoms with Gasteiger partial charge in [-0.3, -0.25) is 4.79 Å². The Labute approximate surface area is 130 Å². The Hall–Kier alpha value is -1.91. The van der Waals surface area contributed by atoms with Crippen molar-refractivity contribution in [2.24, 2.45) is 5.92 Å². The van der Waals surface area contributed by atoms with Crippen LogP contribution in [0.3, 0.4) is 0 Å². The quantitative estimate of drug-likeness (QED) is 0.779. The maximum atomic E-state index is 12.0. The Morgan fingerprint density at radius 1 is 1.32 bits per heavy atom. The van der Waals surface area contributed by atoms with Gasteiger partial charge in [0, 0.05) is 13.1 Å². The van der Waals surface area contributed by atoms with Crippen LogP contribution in [0.25, 0.3) is 0 Å². The summed E-state index contributed by atoms with van der Waals surface area (Å²) in [5.41, 5.74) is 1.38. The number of nitriles is 1. The van der Waals surface area contributed by atoms with Gasteiger partial charge in [0.15, 0.2) is 0 Å². The summed E-state index contributed by atoms with van der Waals surface area (Å²) in [6.45, 7) is 0.877. The van der Waals surface area contributed by atoms with Crippen LogP contribution in [0.2, 0.25) is 0 Å². The number of carbonyl (C=O) groups is 1. The van der Waals surface area contributed by atoms with Crippen molar-refractivity contribution in [3.8, 4) is 6.07 Å². The second-order valence-corrected chi connectivity index (χ2v) is 7.34. The lowest BCUT2D eigenvalue weighted by Gasteiger charge is -2.28. The van der Waals surface area contributed by atoms with Crippen molar-refractivity contribution in [3.05, 3.63) is 35.4 Å². The maximum absolute atomic E-state index is 12.0. The molecule has 6 nitrogen and oxygen atoms in total. The van der Waals surface area contributed by atoms with E-state index < -0.39 is 10.0 Å². The molecule has 1 aliphatic rings. The van der Waals surface area contributed by atoms with Crippen molar-refractivity contribution in [1.82, 2.24) is 4.31 Å². The first kappa shape index (κ1) is 16.5. The molecule has 0 N–H and O–H groups in total. The molecular formula is C15H18N2O4S. The van der Waals surface area contributed by atoms with Gasteiger partial charge in [-0.15, -0.1) is 0 Å². The molecule has 22 heavy (non-hydrogen) atoms. The highest BCUT2D eigenvalue weighted by Crippen LogP contribution is 2.21. The number of carbonyl (C=O) groups excluding carboxylic acids is 1. The summed E-state index contributed by atoms with van der Waals surface area (Å²) < 4.78 is 29.5. The fraction of sp³-hybridized carbons (Fsp3) is 0.467. The van der Waals surface area contributed by atoms with Crippen molar-refractivity contribution in [1.29, 1.82) is 5.26 Å². The topological polar surface area (TPSA) is 87.5 Å². The van der Waals surface area contributed by atoms with Gasteiger partial charge in [0.2, 0.25) is 10.0 Å². The van der Waals surface area contributed by atoms with E-state index in [0.717, 1.165) is 5.56 Å². The molecule has 0 bridgehead atoms. The van der Waals surface area contributed by atoms with E-state index in [0.29, 0.717) is 31.5 Å². The summed E-state index contributed by atoms with van der Waals surface area (Å²) in [6, 6.07) is 8.87. The second-order valence-electron chi connectivity index (χ2n) is 5.35. The molecule has 0 amide bonds. The predicted octanol–water partition coefficient (Wildman–Crippen LogP) is 1.27. The third-order valence-electron chi connectivity index (χ3n) is 3.72. The van der Waals surface area contributed by atoms with Crippen molar-refractivity contribution in [2.75, 3.05) is 19.3 Å². The predicted molar refractivity (Wildman–Crippen MR) is 80.1 cm³/mol. The van der Waals surface area contributed by atoms with Crippen LogP contribution in [0.1, 0.15) is 24.0 Å². The molecule has 7 heteroatoms. The van der Waals surface area contributed by atoms with Gasteiger partial charge in [0.05, 0.1) is 23.8 Å². The van der Waals surface area contributed by atoms with Gasteiger partial charge in [-0.2, -0.15) is 5.26 Å². The van der Waals surface area contributed by atoms with E-state index in [-0.39, 0.29) is 18.5 Å². The van der Waals surface area contributed by atoms with E-state index in [4.69, 9.17) is 10.00 Å². The first-order valence-electron chi connectivity index (χ1n) is 7.01. The van der Waals surface area contributed by atoms with Crippen molar-refractivity contribution < 1.29 is 17.9 Å². The van der Waals surface area contributed by atoms with Gasteiger partial charge in [0.1, 0.15) is 6.61 Å². The van der Waals surface area contributed by atoms with E-state index in [1.54, 1.807) is 24.3 Å². The number of piperidine rings is 1. The summed E-state index contributed by atoms with van der Waals surface area (Å²) >= 11 is 0. The molecule has 1 aliphatic heterocycles. The molecule has 0 saturated carbocycles. The highest BCUT2D eigenvalue weighted by molar-refractivity contribution is 7.88. The minimum atomic E-state index is -3.18. The number of hydrogen-bond acceptors (Lipinski definition) is 5. The lowest BCUT2D eigenvalue weighted by Crippen LogP contribution is -2.40. The zero-order chi connectivity index (χ0) is 16.2. The van der Waals surface area contributed by atoms with Crippen LogP contribution in [-0.2, 0) is 26.2 Å². The maximum Gasteiger partial charge on any atom is 0.309 e. The van der Waals surface area contributed by atoms with Crippen LogP contribution in [0.15, 0.2) is 24.3 Å². The molecule has 118 valence electrons. The molecule has 0 aromatic heterocycles. The molecule has 1 aromatic carbocycles. The molecule has 1 fully saturated rings. The van der Waals surface area contributed by atoms with Crippen LogP contribution in [-0.4, -0.2) is 38.0 Å². The minimum absolute atomic E-state index is 0.164. The molecule has 0 aliphatic carbocycles. The lowest BCUT2D eigenvalue weighted by atomic mass is 9.98. The molecule has 0 radical (unpaired) electrons. The Balaban J connectivity index is 1.82. The van der Waals surface area contributed by atoms with Crippen molar-refractivity contribution in [2.45, 2.75) is 19.4 Å². The third kappa shape index (κ3) is 4.29. The Bertz CT molecular complexity index is 668. The summed E-state index contributed by atoms with van der Waals surface area (Å²) in [5.74, 6) is -0.547. The van der Waals surface area contributed by atoms with E-state index in [9.17, 15) is 13.2 Å². The minimum Gasteiger partial charge on any atom is -0.461 e. The zero-order valence-electron chi connectivity index (χ0n) is 12.4. The molecule has 0 spiro atoms. The van der Waals surface area contributed by atoms with Gasteiger partial charge in [-0.1, -0.05) is 12.1 Å². The number of hydrogen-bond donors (Lipinski definition) is 0. The lowest BCUT2D eigenvalue weighted by molar-refractivity contribution is -0.151. The monoisotopic (exact) mass is 322 g/mol. The van der Waals surface area contributed by atoms with Gasteiger partial charge in [-0.05, 0) is 30.5 Å². The molecule has 0 atom stereocenters. The van der Waals surface area contributed by atoms with Crippen LogP contribution >= 0.6 is 0 Å².